The van der Waals surface area contributed by atoms with E-state index in [2.05, 4.69) is 29.1 Å². The van der Waals surface area contributed by atoms with Gasteiger partial charge in [-0.05, 0) is 6.92 Å². The lowest BCUT2D eigenvalue weighted by atomic mass is 10.5. The Hall–Kier alpha value is -0.680. The Bertz CT molecular complexity index is 320. The van der Waals surface area contributed by atoms with Crippen molar-refractivity contribution in [2.45, 2.75) is 30.9 Å². The van der Waals surface area contributed by atoms with Crippen LogP contribution in [0.25, 0.3) is 0 Å². The molecule has 0 unspecified atom stereocenters. The van der Waals surface area contributed by atoms with Gasteiger partial charge in [0.2, 0.25) is 5.95 Å². The molecule has 0 aliphatic rings. The molecule has 0 amide bonds. The van der Waals surface area contributed by atoms with E-state index in [1.165, 1.54) is 0 Å². The van der Waals surface area contributed by atoms with Gasteiger partial charge in [0.25, 0.3) is 0 Å². The monoisotopic (exact) mass is 246 g/mol. The minimum absolute atomic E-state index is 0.401. The Labute approximate surface area is 99.0 Å². The Morgan fingerprint density at radius 1 is 1.47 bits per heavy atom. The summed E-state index contributed by atoms with van der Waals surface area (Å²) < 4.78 is 0. The first kappa shape index (κ1) is 12.4. The summed E-state index contributed by atoms with van der Waals surface area (Å²) >= 11 is 7.59. The van der Waals surface area contributed by atoms with Gasteiger partial charge in [-0.15, -0.1) is 11.8 Å². The highest BCUT2D eigenvalue weighted by atomic mass is 35.5. The largest absolute Gasteiger partial charge is 0.383 e. The summed E-state index contributed by atoms with van der Waals surface area (Å²) in [4.78, 5) is 9.00. The molecule has 0 aromatic carbocycles. The van der Waals surface area contributed by atoms with E-state index in [9.17, 15) is 0 Å². The second-order valence-corrected chi connectivity index (χ2v) is 5.19. The second kappa shape index (κ2) is 5.42. The minimum Gasteiger partial charge on any atom is -0.383 e. The number of hydrogen-bond acceptors (Lipinski definition) is 5. The van der Waals surface area contributed by atoms with Crippen LogP contribution in [0.2, 0.25) is 5.15 Å². The third-order valence-corrected chi connectivity index (χ3v) is 3.03. The molecule has 0 fully saturated rings. The number of nitrogens with two attached hydrogens (primary N) is 1. The van der Waals surface area contributed by atoms with Crippen LogP contribution in [0.5, 0.6) is 0 Å². The third-order valence-electron chi connectivity index (χ3n) is 1.54. The van der Waals surface area contributed by atoms with E-state index in [0.717, 1.165) is 11.4 Å². The van der Waals surface area contributed by atoms with Crippen LogP contribution in [-0.2, 0) is 0 Å². The summed E-state index contributed by atoms with van der Waals surface area (Å²) in [7, 11) is 0. The normalized spacial score (nSPS) is 10.7. The van der Waals surface area contributed by atoms with Crippen LogP contribution in [0, 0.1) is 0 Å². The highest BCUT2D eigenvalue weighted by molar-refractivity contribution is 8.00. The highest BCUT2D eigenvalue weighted by Crippen LogP contribution is 2.33. The third kappa shape index (κ3) is 3.43. The van der Waals surface area contributed by atoms with Crippen LogP contribution in [0.1, 0.15) is 20.8 Å². The summed E-state index contributed by atoms with van der Waals surface area (Å²) in [6, 6.07) is 0. The fraction of sp³-hybridized carbons (Fsp3) is 0.556. The van der Waals surface area contributed by atoms with Gasteiger partial charge < -0.3 is 11.1 Å². The van der Waals surface area contributed by atoms with Crippen LogP contribution in [0.4, 0.5) is 11.8 Å². The van der Waals surface area contributed by atoms with E-state index in [-0.39, 0.29) is 0 Å². The van der Waals surface area contributed by atoms with Crippen LogP contribution < -0.4 is 11.1 Å². The molecule has 0 aliphatic heterocycles. The molecule has 6 heteroatoms. The van der Waals surface area contributed by atoms with Crippen LogP contribution in [0.3, 0.4) is 0 Å². The Kier molecular flexibility index (Phi) is 4.47. The topological polar surface area (TPSA) is 63.8 Å². The molecule has 0 saturated heterocycles. The number of nitrogens with zero attached hydrogens (tertiary/aromatic N) is 2. The number of nitrogens with one attached hydrogen (secondary N) is 1. The number of hydrogen-bond donors (Lipinski definition) is 2. The lowest BCUT2D eigenvalue weighted by Gasteiger charge is -2.10. The van der Waals surface area contributed by atoms with E-state index in [4.69, 9.17) is 17.3 Å². The average molecular weight is 247 g/mol. The fourth-order valence-electron chi connectivity index (χ4n) is 1.02. The van der Waals surface area contributed by atoms with Gasteiger partial charge in [-0.1, -0.05) is 25.4 Å². The first-order valence-corrected chi connectivity index (χ1v) is 6.03. The van der Waals surface area contributed by atoms with E-state index >= 15 is 0 Å². The maximum absolute atomic E-state index is 6.02. The maximum Gasteiger partial charge on any atom is 0.226 e. The molecule has 0 aliphatic carbocycles. The van der Waals surface area contributed by atoms with Crippen LogP contribution in [0.15, 0.2) is 4.90 Å². The van der Waals surface area contributed by atoms with E-state index < -0.39 is 0 Å². The van der Waals surface area contributed by atoms with Crippen molar-refractivity contribution in [3.8, 4) is 0 Å². The molecule has 4 nitrogen and oxygen atoms in total. The molecule has 15 heavy (non-hydrogen) atoms. The van der Waals surface area contributed by atoms with Crippen molar-refractivity contribution in [1.29, 1.82) is 0 Å². The van der Waals surface area contributed by atoms with Gasteiger partial charge in [0, 0.05) is 11.8 Å². The van der Waals surface area contributed by atoms with Crippen LogP contribution in [-0.4, -0.2) is 21.8 Å². The molecule has 0 bridgehead atoms. The second-order valence-electron chi connectivity index (χ2n) is 3.25. The zero-order valence-corrected chi connectivity index (χ0v) is 10.6. The van der Waals surface area contributed by atoms with Gasteiger partial charge in [-0.3, -0.25) is 0 Å². The molecular formula is C9H15ClN4S. The lowest BCUT2D eigenvalue weighted by molar-refractivity contribution is 1.05. The fourth-order valence-corrected chi connectivity index (χ4v) is 2.11. The quantitative estimate of drug-likeness (QED) is 0.632. The van der Waals surface area contributed by atoms with Gasteiger partial charge in [0.15, 0.2) is 0 Å². The molecule has 0 saturated carbocycles. The van der Waals surface area contributed by atoms with Gasteiger partial charge in [-0.25, -0.2) is 0 Å². The van der Waals surface area contributed by atoms with Crippen molar-refractivity contribution in [3.63, 3.8) is 0 Å². The van der Waals surface area contributed by atoms with Crippen LogP contribution >= 0.6 is 23.4 Å². The van der Waals surface area contributed by atoms with Gasteiger partial charge in [0.1, 0.15) is 11.0 Å². The van der Waals surface area contributed by atoms with Crippen molar-refractivity contribution in [2.75, 3.05) is 17.6 Å². The van der Waals surface area contributed by atoms with Crippen molar-refractivity contribution in [3.05, 3.63) is 5.15 Å². The first-order chi connectivity index (χ1) is 7.04. The SMILES string of the molecule is CCNc1nc(N)c(SC(C)C)c(Cl)n1. The molecule has 1 heterocycles. The van der Waals surface area contributed by atoms with Crippen molar-refractivity contribution in [2.24, 2.45) is 0 Å². The number of anilines is 2. The number of rotatable bonds is 4. The predicted molar refractivity (Wildman–Crippen MR) is 66.6 cm³/mol. The number of halogens is 1. The van der Waals surface area contributed by atoms with Gasteiger partial charge in [-0.2, -0.15) is 9.97 Å². The minimum atomic E-state index is 0.401. The van der Waals surface area contributed by atoms with Gasteiger partial charge >= 0.3 is 0 Å². The number of nitrogen functional groups attached to an aromatic ring is 1. The van der Waals surface area contributed by atoms with E-state index in [0.29, 0.717) is 22.2 Å². The predicted octanol–water partition coefficient (Wildman–Crippen LogP) is 2.64. The zero-order valence-electron chi connectivity index (χ0n) is 9.04. The smallest absolute Gasteiger partial charge is 0.226 e. The summed E-state index contributed by atoms with van der Waals surface area (Å²) in [6.07, 6.45) is 0. The Balaban J connectivity index is 2.98. The van der Waals surface area contributed by atoms with E-state index in [1.54, 1.807) is 11.8 Å². The van der Waals surface area contributed by atoms with Crippen molar-refractivity contribution in [1.82, 2.24) is 9.97 Å². The van der Waals surface area contributed by atoms with Gasteiger partial charge in [0.05, 0.1) is 4.90 Å². The zero-order chi connectivity index (χ0) is 11.4. The molecule has 84 valence electrons. The summed E-state index contributed by atoms with van der Waals surface area (Å²) in [5, 5.41) is 3.79. The first-order valence-electron chi connectivity index (χ1n) is 4.78. The molecule has 1 aromatic heterocycles. The summed E-state index contributed by atoms with van der Waals surface area (Å²) in [5.41, 5.74) is 5.80. The molecular weight excluding hydrogens is 232 g/mol. The lowest BCUT2D eigenvalue weighted by Crippen LogP contribution is -2.06. The molecule has 3 N–H and O–H groups in total. The molecule has 0 spiro atoms. The van der Waals surface area contributed by atoms with E-state index in [1.807, 2.05) is 6.92 Å². The average Bonchev–Trinajstić information content (AvgIpc) is 2.11. The standard InChI is InChI=1S/C9H15ClN4S/c1-4-12-9-13-7(10)6(8(11)14-9)15-5(2)3/h5H,4H2,1-3H3,(H3,11,12,13,14). The number of thioether (sulfide) groups is 1. The molecule has 0 atom stereocenters. The van der Waals surface area contributed by atoms with Crippen molar-refractivity contribution >= 4 is 35.1 Å². The summed E-state index contributed by atoms with van der Waals surface area (Å²) in [6.45, 7) is 6.84. The Morgan fingerprint density at radius 3 is 2.60 bits per heavy atom. The Morgan fingerprint density at radius 2 is 2.13 bits per heavy atom. The van der Waals surface area contributed by atoms with Crippen molar-refractivity contribution < 1.29 is 0 Å². The molecule has 0 radical (unpaired) electrons. The maximum atomic E-state index is 6.02. The summed E-state index contributed by atoms with van der Waals surface area (Å²) in [5.74, 6) is 0.915. The highest BCUT2D eigenvalue weighted by Gasteiger charge is 2.12. The molecule has 1 rings (SSSR count). The number of aromatic nitrogens is 2. The molecule has 1 aromatic rings.